The summed E-state index contributed by atoms with van der Waals surface area (Å²) in [6.45, 7) is 6.41. The molecule has 1 heterocycles. The normalized spacial score (nSPS) is 12.5. The van der Waals surface area contributed by atoms with Crippen molar-refractivity contribution in [3.8, 4) is 0 Å². The second kappa shape index (κ2) is 8.63. The van der Waals surface area contributed by atoms with E-state index in [1.165, 1.54) is 17.8 Å². The minimum absolute atomic E-state index is 0.364. The van der Waals surface area contributed by atoms with E-state index in [9.17, 15) is 0 Å². The largest absolute Gasteiger partial charge is 0.334 e. The molecule has 2 rings (SSSR count). The Balaban J connectivity index is 1.93. The predicted molar refractivity (Wildman–Crippen MR) is 88.3 cm³/mol. The first-order valence-corrected chi connectivity index (χ1v) is 8.13. The Morgan fingerprint density at radius 3 is 2.71 bits per heavy atom. The summed E-state index contributed by atoms with van der Waals surface area (Å²) in [5, 5.41) is 3.65. The average molecular weight is 285 g/mol. The number of nitrogens with one attached hydrogen (secondary N) is 1. The van der Waals surface area contributed by atoms with Crippen LogP contribution in [0, 0.1) is 0 Å². The van der Waals surface area contributed by atoms with Gasteiger partial charge in [-0.25, -0.2) is 4.98 Å². The molecule has 0 radical (unpaired) electrons. The van der Waals surface area contributed by atoms with Gasteiger partial charge in [0.05, 0.1) is 6.04 Å². The van der Waals surface area contributed by atoms with Crippen LogP contribution in [0.5, 0.6) is 0 Å². The van der Waals surface area contributed by atoms with E-state index in [-0.39, 0.29) is 0 Å². The molecule has 1 unspecified atom stereocenters. The molecule has 0 aliphatic heterocycles. The maximum atomic E-state index is 4.57. The van der Waals surface area contributed by atoms with Crippen molar-refractivity contribution in [1.29, 1.82) is 0 Å². The molecule has 2 aromatic rings. The first kappa shape index (κ1) is 15.8. The first-order valence-electron chi connectivity index (χ1n) is 8.13. The van der Waals surface area contributed by atoms with Crippen LogP contribution in [-0.2, 0) is 13.0 Å². The molecule has 0 amide bonds. The molecule has 0 fully saturated rings. The standard InChI is InChI=1S/C18H27N3/c1-3-13-19-17(18-20-14-15-21(18)4-2)12-8-11-16-9-6-5-7-10-16/h5-7,9-10,14-15,17,19H,3-4,8,11-13H2,1-2H3. The minimum atomic E-state index is 0.364. The molecule has 0 aliphatic rings. The van der Waals surface area contributed by atoms with Crippen molar-refractivity contribution in [2.24, 2.45) is 0 Å². The zero-order chi connectivity index (χ0) is 14.9. The molecular formula is C18H27N3. The van der Waals surface area contributed by atoms with Crippen LogP contribution in [0.1, 0.15) is 50.5 Å². The van der Waals surface area contributed by atoms with E-state index in [0.717, 1.165) is 32.4 Å². The van der Waals surface area contributed by atoms with Gasteiger partial charge in [-0.3, -0.25) is 0 Å². The number of hydrogen-bond donors (Lipinski definition) is 1. The van der Waals surface area contributed by atoms with E-state index in [1.807, 2.05) is 6.20 Å². The van der Waals surface area contributed by atoms with Crippen molar-refractivity contribution in [3.63, 3.8) is 0 Å². The van der Waals surface area contributed by atoms with Gasteiger partial charge in [-0.2, -0.15) is 0 Å². The van der Waals surface area contributed by atoms with Crippen LogP contribution in [0.2, 0.25) is 0 Å². The van der Waals surface area contributed by atoms with Crippen LogP contribution in [0.4, 0.5) is 0 Å². The summed E-state index contributed by atoms with van der Waals surface area (Å²) in [5.74, 6) is 1.18. The summed E-state index contributed by atoms with van der Waals surface area (Å²) < 4.78 is 2.25. The molecule has 1 aromatic carbocycles. The van der Waals surface area contributed by atoms with Crippen molar-refractivity contribution >= 4 is 0 Å². The van der Waals surface area contributed by atoms with Crippen LogP contribution in [0.3, 0.4) is 0 Å². The van der Waals surface area contributed by atoms with Gasteiger partial charge in [0.2, 0.25) is 0 Å². The summed E-state index contributed by atoms with van der Waals surface area (Å²) in [6, 6.07) is 11.1. The third-order valence-corrected chi connectivity index (χ3v) is 3.84. The van der Waals surface area contributed by atoms with E-state index in [1.54, 1.807) is 0 Å². The summed E-state index contributed by atoms with van der Waals surface area (Å²) in [5.41, 5.74) is 1.42. The minimum Gasteiger partial charge on any atom is -0.334 e. The number of aromatic nitrogens is 2. The van der Waals surface area contributed by atoms with Gasteiger partial charge in [0, 0.05) is 18.9 Å². The molecule has 0 spiro atoms. The van der Waals surface area contributed by atoms with Gasteiger partial charge in [0.15, 0.2) is 0 Å². The zero-order valence-electron chi connectivity index (χ0n) is 13.3. The number of imidazole rings is 1. The monoisotopic (exact) mass is 285 g/mol. The predicted octanol–water partition coefficient (Wildman–Crippen LogP) is 3.97. The maximum Gasteiger partial charge on any atom is 0.125 e. The summed E-state index contributed by atoms with van der Waals surface area (Å²) >= 11 is 0. The van der Waals surface area contributed by atoms with E-state index in [0.29, 0.717) is 6.04 Å². The average Bonchev–Trinajstić information content (AvgIpc) is 3.00. The molecule has 0 bridgehead atoms. The number of hydrogen-bond acceptors (Lipinski definition) is 2. The second-order valence-corrected chi connectivity index (χ2v) is 5.46. The van der Waals surface area contributed by atoms with E-state index in [4.69, 9.17) is 0 Å². The van der Waals surface area contributed by atoms with Gasteiger partial charge in [-0.1, -0.05) is 37.3 Å². The molecule has 21 heavy (non-hydrogen) atoms. The van der Waals surface area contributed by atoms with Crippen LogP contribution >= 0.6 is 0 Å². The fourth-order valence-corrected chi connectivity index (χ4v) is 2.69. The highest BCUT2D eigenvalue weighted by Crippen LogP contribution is 2.18. The van der Waals surface area contributed by atoms with Gasteiger partial charge >= 0.3 is 0 Å². The van der Waals surface area contributed by atoms with Crippen LogP contribution in [-0.4, -0.2) is 16.1 Å². The van der Waals surface area contributed by atoms with E-state index >= 15 is 0 Å². The Bertz CT molecular complexity index is 504. The molecule has 0 aliphatic carbocycles. The lowest BCUT2D eigenvalue weighted by atomic mass is 10.0. The van der Waals surface area contributed by atoms with Gasteiger partial charge in [0.1, 0.15) is 5.82 Å². The van der Waals surface area contributed by atoms with E-state index < -0.39 is 0 Å². The molecule has 1 atom stereocenters. The molecule has 0 saturated carbocycles. The van der Waals surface area contributed by atoms with Gasteiger partial charge in [-0.15, -0.1) is 0 Å². The van der Waals surface area contributed by atoms with Crippen molar-refractivity contribution in [2.75, 3.05) is 6.54 Å². The number of benzene rings is 1. The first-order chi connectivity index (χ1) is 10.3. The lowest BCUT2D eigenvalue weighted by Gasteiger charge is -2.19. The summed E-state index contributed by atoms with van der Waals surface area (Å²) in [6.07, 6.45) is 8.59. The SMILES string of the molecule is CCCNC(CCCc1ccccc1)c1nccn1CC. The Kier molecular flexibility index (Phi) is 6.48. The molecule has 114 valence electrons. The smallest absolute Gasteiger partial charge is 0.125 e. The number of nitrogens with zero attached hydrogens (tertiary/aromatic N) is 2. The molecular weight excluding hydrogens is 258 g/mol. The maximum absolute atomic E-state index is 4.57. The van der Waals surface area contributed by atoms with Gasteiger partial charge < -0.3 is 9.88 Å². The third kappa shape index (κ3) is 4.71. The highest BCUT2D eigenvalue weighted by atomic mass is 15.1. The van der Waals surface area contributed by atoms with Crippen molar-refractivity contribution < 1.29 is 0 Å². The quantitative estimate of drug-likeness (QED) is 0.755. The molecule has 3 heteroatoms. The Hall–Kier alpha value is -1.61. The Morgan fingerprint density at radius 2 is 2.00 bits per heavy atom. The fourth-order valence-electron chi connectivity index (χ4n) is 2.69. The third-order valence-electron chi connectivity index (χ3n) is 3.84. The van der Waals surface area contributed by atoms with Gasteiger partial charge in [-0.05, 0) is 44.7 Å². The Labute approximate surface area is 128 Å². The Morgan fingerprint density at radius 1 is 1.19 bits per heavy atom. The summed E-state index contributed by atoms with van der Waals surface area (Å²) in [4.78, 5) is 4.57. The molecule has 1 aromatic heterocycles. The lowest BCUT2D eigenvalue weighted by Crippen LogP contribution is -2.25. The van der Waals surface area contributed by atoms with Crippen LogP contribution < -0.4 is 5.32 Å². The molecule has 1 N–H and O–H groups in total. The van der Waals surface area contributed by atoms with Gasteiger partial charge in [0.25, 0.3) is 0 Å². The number of aryl methyl sites for hydroxylation is 2. The second-order valence-electron chi connectivity index (χ2n) is 5.46. The lowest BCUT2D eigenvalue weighted by molar-refractivity contribution is 0.446. The molecule has 3 nitrogen and oxygen atoms in total. The van der Waals surface area contributed by atoms with E-state index in [2.05, 4.69) is 65.2 Å². The number of rotatable bonds is 9. The van der Waals surface area contributed by atoms with Crippen LogP contribution in [0.25, 0.3) is 0 Å². The highest BCUT2D eigenvalue weighted by Gasteiger charge is 2.15. The fraction of sp³-hybridized carbons (Fsp3) is 0.500. The van der Waals surface area contributed by atoms with Crippen molar-refractivity contribution in [1.82, 2.24) is 14.9 Å². The molecule has 0 saturated heterocycles. The van der Waals surface area contributed by atoms with Crippen molar-refractivity contribution in [2.45, 2.75) is 52.1 Å². The topological polar surface area (TPSA) is 29.9 Å². The van der Waals surface area contributed by atoms with Crippen LogP contribution in [0.15, 0.2) is 42.7 Å². The summed E-state index contributed by atoms with van der Waals surface area (Å²) in [7, 11) is 0. The highest BCUT2D eigenvalue weighted by molar-refractivity contribution is 5.14. The zero-order valence-corrected chi connectivity index (χ0v) is 13.3. The van der Waals surface area contributed by atoms with Crippen molar-refractivity contribution in [3.05, 3.63) is 54.1 Å².